The standard InChI is InChI=1S/C20H36O2/c1-4-15(3)14-22-20(21)19-12-10-18(11-13-19)17-8-6-16(5-2)7-9-17/h15-19H,4-14H2,1-3H3/t15-,16-,17-,18-,19-/m1/s1. The number of hydrogen-bond donors (Lipinski definition) is 0. The van der Waals surface area contributed by atoms with Gasteiger partial charge in [0, 0.05) is 0 Å². The predicted molar refractivity (Wildman–Crippen MR) is 91.6 cm³/mol. The Morgan fingerprint density at radius 1 is 0.955 bits per heavy atom. The van der Waals surface area contributed by atoms with Crippen LogP contribution in [0.25, 0.3) is 0 Å². The van der Waals surface area contributed by atoms with Crippen molar-refractivity contribution in [2.75, 3.05) is 6.61 Å². The molecule has 0 aromatic carbocycles. The van der Waals surface area contributed by atoms with Crippen molar-refractivity contribution in [3.63, 3.8) is 0 Å². The van der Waals surface area contributed by atoms with Gasteiger partial charge in [0.25, 0.3) is 0 Å². The third kappa shape index (κ3) is 4.99. The summed E-state index contributed by atoms with van der Waals surface area (Å²) in [5.74, 6) is 3.58. The number of ether oxygens (including phenoxy) is 1. The van der Waals surface area contributed by atoms with E-state index in [1.165, 1.54) is 44.9 Å². The molecule has 0 bridgehead atoms. The van der Waals surface area contributed by atoms with Crippen LogP contribution in [-0.4, -0.2) is 12.6 Å². The molecule has 2 saturated carbocycles. The summed E-state index contributed by atoms with van der Waals surface area (Å²) in [4.78, 5) is 12.2. The fraction of sp³-hybridized carbons (Fsp3) is 0.950. The third-order valence-electron chi connectivity index (χ3n) is 6.45. The first kappa shape index (κ1) is 17.8. The molecule has 2 aliphatic rings. The fourth-order valence-corrected chi connectivity index (χ4v) is 4.35. The molecule has 0 amide bonds. The SMILES string of the molecule is CC[C@@H](C)COC(=O)[C@H]1CC[C@H]([C@H]2CC[C@H](CC)CC2)CC1. The van der Waals surface area contributed by atoms with Gasteiger partial charge in [-0.2, -0.15) is 0 Å². The van der Waals surface area contributed by atoms with E-state index >= 15 is 0 Å². The minimum absolute atomic E-state index is 0.0773. The molecule has 0 radical (unpaired) electrons. The van der Waals surface area contributed by atoms with Crippen LogP contribution in [0.3, 0.4) is 0 Å². The Morgan fingerprint density at radius 2 is 1.50 bits per heavy atom. The van der Waals surface area contributed by atoms with E-state index in [2.05, 4.69) is 20.8 Å². The van der Waals surface area contributed by atoms with Crippen molar-refractivity contribution in [1.29, 1.82) is 0 Å². The van der Waals surface area contributed by atoms with Gasteiger partial charge in [0.05, 0.1) is 12.5 Å². The van der Waals surface area contributed by atoms with Crippen molar-refractivity contribution < 1.29 is 9.53 Å². The molecular formula is C20H36O2. The van der Waals surface area contributed by atoms with E-state index in [9.17, 15) is 4.79 Å². The van der Waals surface area contributed by atoms with Gasteiger partial charge in [0.15, 0.2) is 0 Å². The van der Waals surface area contributed by atoms with Gasteiger partial charge in [-0.15, -0.1) is 0 Å². The van der Waals surface area contributed by atoms with Crippen LogP contribution < -0.4 is 0 Å². The largest absolute Gasteiger partial charge is 0.465 e. The highest BCUT2D eigenvalue weighted by atomic mass is 16.5. The van der Waals surface area contributed by atoms with Crippen molar-refractivity contribution in [3.05, 3.63) is 0 Å². The van der Waals surface area contributed by atoms with Gasteiger partial charge in [-0.3, -0.25) is 4.79 Å². The Balaban J connectivity index is 1.68. The van der Waals surface area contributed by atoms with E-state index < -0.39 is 0 Å². The van der Waals surface area contributed by atoms with Crippen LogP contribution in [0, 0.1) is 29.6 Å². The van der Waals surface area contributed by atoms with Gasteiger partial charge < -0.3 is 4.74 Å². The van der Waals surface area contributed by atoms with Crippen LogP contribution >= 0.6 is 0 Å². The maximum atomic E-state index is 12.2. The zero-order valence-electron chi connectivity index (χ0n) is 15.0. The molecule has 0 unspecified atom stereocenters. The number of rotatable bonds is 6. The van der Waals surface area contributed by atoms with Crippen molar-refractivity contribution in [1.82, 2.24) is 0 Å². The lowest BCUT2D eigenvalue weighted by atomic mass is 9.69. The highest BCUT2D eigenvalue weighted by Crippen LogP contribution is 2.42. The summed E-state index contributed by atoms with van der Waals surface area (Å²) in [6.45, 7) is 7.24. The zero-order chi connectivity index (χ0) is 15.9. The number of carbonyl (C=O) groups excluding carboxylic acids is 1. The first-order chi connectivity index (χ1) is 10.6. The van der Waals surface area contributed by atoms with Crippen LogP contribution in [0.5, 0.6) is 0 Å². The molecule has 0 heterocycles. The molecule has 0 aromatic rings. The quantitative estimate of drug-likeness (QED) is 0.597. The van der Waals surface area contributed by atoms with Gasteiger partial charge in [0.1, 0.15) is 0 Å². The Hall–Kier alpha value is -0.530. The third-order valence-corrected chi connectivity index (χ3v) is 6.45. The predicted octanol–water partition coefficient (Wildman–Crippen LogP) is 5.60. The van der Waals surface area contributed by atoms with Crippen molar-refractivity contribution in [3.8, 4) is 0 Å². The van der Waals surface area contributed by atoms with Gasteiger partial charge in [-0.25, -0.2) is 0 Å². The molecular weight excluding hydrogens is 272 g/mol. The lowest BCUT2D eigenvalue weighted by Crippen LogP contribution is -2.29. The topological polar surface area (TPSA) is 26.3 Å². The van der Waals surface area contributed by atoms with Crippen LogP contribution in [0.2, 0.25) is 0 Å². The van der Waals surface area contributed by atoms with E-state index in [0.717, 1.165) is 37.0 Å². The molecule has 1 atom stereocenters. The van der Waals surface area contributed by atoms with E-state index in [4.69, 9.17) is 4.74 Å². The first-order valence-corrected chi connectivity index (χ1v) is 9.80. The van der Waals surface area contributed by atoms with Crippen LogP contribution in [-0.2, 0) is 9.53 Å². The smallest absolute Gasteiger partial charge is 0.308 e. The second-order valence-electron chi connectivity index (χ2n) is 7.94. The summed E-state index contributed by atoms with van der Waals surface area (Å²) in [6.07, 6.45) is 12.8. The Kier molecular flexibility index (Phi) is 7.24. The first-order valence-electron chi connectivity index (χ1n) is 9.80. The van der Waals surface area contributed by atoms with Crippen molar-refractivity contribution >= 4 is 5.97 Å². The van der Waals surface area contributed by atoms with E-state index in [1.54, 1.807) is 0 Å². The molecule has 2 rings (SSSR count). The monoisotopic (exact) mass is 308 g/mol. The lowest BCUT2D eigenvalue weighted by molar-refractivity contribution is -0.151. The lowest BCUT2D eigenvalue weighted by Gasteiger charge is -2.37. The Morgan fingerprint density at radius 3 is 2.00 bits per heavy atom. The average Bonchev–Trinajstić information content (AvgIpc) is 2.59. The van der Waals surface area contributed by atoms with Crippen LogP contribution in [0.15, 0.2) is 0 Å². The molecule has 2 heteroatoms. The molecule has 2 aliphatic carbocycles. The molecule has 0 aromatic heterocycles. The van der Waals surface area contributed by atoms with E-state index in [1.807, 2.05) is 0 Å². The summed E-state index contributed by atoms with van der Waals surface area (Å²) < 4.78 is 5.50. The van der Waals surface area contributed by atoms with Crippen LogP contribution in [0.1, 0.15) is 85.0 Å². The van der Waals surface area contributed by atoms with E-state index in [0.29, 0.717) is 12.5 Å². The molecule has 2 fully saturated rings. The van der Waals surface area contributed by atoms with Gasteiger partial charge in [0.2, 0.25) is 0 Å². The molecule has 0 aliphatic heterocycles. The second kappa shape index (κ2) is 8.93. The van der Waals surface area contributed by atoms with Gasteiger partial charge in [-0.1, -0.05) is 46.5 Å². The van der Waals surface area contributed by atoms with E-state index in [-0.39, 0.29) is 11.9 Å². The molecule has 128 valence electrons. The number of esters is 1. The van der Waals surface area contributed by atoms with Gasteiger partial charge in [-0.05, 0) is 62.2 Å². The molecule has 0 spiro atoms. The minimum atomic E-state index is 0.0773. The summed E-state index contributed by atoms with van der Waals surface area (Å²) in [6, 6.07) is 0. The highest BCUT2D eigenvalue weighted by Gasteiger charge is 2.33. The summed E-state index contributed by atoms with van der Waals surface area (Å²) >= 11 is 0. The molecule has 22 heavy (non-hydrogen) atoms. The Labute approximate surface area is 137 Å². The minimum Gasteiger partial charge on any atom is -0.465 e. The van der Waals surface area contributed by atoms with Crippen molar-refractivity contribution in [2.45, 2.75) is 85.0 Å². The molecule has 0 saturated heterocycles. The molecule has 0 N–H and O–H groups in total. The number of carbonyl (C=O) groups is 1. The van der Waals surface area contributed by atoms with Crippen molar-refractivity contribution in [2.24, 2.45) is 29.6 Å². The number of hydrogen-bond acceptors (Lipinski definition) is 2. The zero-order valence-corrected chi connectivity index (χ0v) is 15.0. The average molecular weight is 309 g/mol. The van der Waals surface area contributed by atoms with Crippen LogP contribution in [0.4, 0.5) is 0 Å². The maximum absolute atomic E-state index is 12.2. The van der Waals surface area contributed by atoms with Gasteiger partial charge >= 0.3 is 5.97 Å². The normalized spacial score (nSPS) is 34.1. The Bertz CT molecular complexity index is 323. The summed E-state index contributed by atoms with van der Waals surface area (Å²) in [5, 5.41) is 0. The molecule has 2 nitrogen and oxygen atoms in total. The summed E-state index contributed by atoms with van der Waals surface area (Å²) in [7, 11) is 0. The highest BCUT2D eigenvalue weighted by molar-refractivity contribution is 5.72. The second-order valence-corrected chi connectivity index (χ2v) is 7.94. The fourth-order valence-electron chi connectivity index (χ4n) is 4.35. The summed E-state index contributed by atoms with van der Waals surface area (Å²) in [5.41, 5.74) is 0. The maximum Gasteiger partial charge on any atom is 0.308 e.